The summed E-state index contributed by atoms with van der Waals surface area (Å²) in [7, 11) is -1.73. The molecule has 9 heteroatoms. The van der Waals surface area contributed by atoms with Gasteiger partial charge in [0, 0.05) is 7.11 Å². The number of carbonyl (C=O) groups is 1. The molecular formula is C11H17N3O4S2. The zero-order chi connectivity index (χ0) is 14.9. The molecule has 0 radical (unpaired) electrons. The van der Waals surface area contributed by atoms with E-state index in [-0.39, 0.29) is 17.4 Å². The molecule has 1 aromatic heterocycles. The van der Waals surface area contributed by atoms with Crippen molar-refractivity contribution >= 4 is 32.2 Å². The number of hydrogen-bond donors (Lipinski definition) is 2. The van der Waals surface area contributed by atoms with Crippen molar-refractivity contribution in [2.45, 2.75) is 25.5 Å². The first-order valence-corrected chi connectivity index (χ1v) is 8.79. The first-order chi connectivity index (χ1) is 9.36. The summed E-state index contributed by atoms with van der Waals surface area (Å²) in [6.45, 7) is 1.88. The molecule has 2 heterocycles. The monoisotopic (exact) mass is 319 g/mol. The quantitative estimate of drug-likeness (QED) is 0.797. The molecule has 0 aliphatic carbocycles. The summed E-state index contributed by atoms with van der Waals surface area (Å²) in [6, 6.07) is -0.537. The van der Waals surface area contributed by atoms with E-state index in [2.05, 4.69) is 10.3 Å². The molecule has 20 heavy (non-hydrogen) atoms. The maximum atomic E-state index is 12.2. The molecule has 1 amide bonds. The zero-order valence-electron chi connectivity index (χ0n) is 11.3. The topological polar surface area (TPSA) is 111 Å². The van der Waals surface area contributed by atoms with E-state index >= 15 is 0 Å². The van der Waals surface area contributed by atoms with Crippen LogP contribution in [0.15, 0.2) is 0 Å². The summed E-state index contributed by atoms with van der Waals surface area (Å²) < 4.78 is 28.3. The Kier molecular flexibility index (Phi) is 4.31. The third-order valence-corrected chi connectivity index (χ3v) is 5.80. The average Bonchev–Trinajstić information content (AvgIpc) is 2.88. The van der Waals surface area contributed by atoms with Gasteiger partial charge in [-0.25, -0.2) is 13.4 Å². The maximum Gasteiger partial charge on any atom is 0.263 e. The van der Waals surface area contributed by atoms with E-state index in [4.69, 9.17) is 10.5 Å². The van der Waals surface area contributed by atoms with Crippen molar-refractivity contribution in [3.8, 4) is 0 Å². The molecule has 2 atom stereocenters. The minimum absolute atomic E-state index is 0.0695. The molecule has 0 unspecified atom stereocenters. The van der Waals surface area contributed by atoms with Gasteiger partial charge in [-0.1, -0.05) is 18.3 Å². The Balaban J connectivity index is 2.15. The summed E-state index contributed by atoms with van der Waals surface area (Å²) in [4.78, 5) is 16.7. The molecule has 3 N–H and O–H groups in total. The smallest absolute Gasteiger partial charge is 0.263 e. The van der Waals surface area contributed by atoms with Crippen molar-refractivity contribution in [1.29, 1.82) is 0 Å². The Morgan fingerprint density at radius 3 is 2.85 bits per heavy atom. The van der Waals surface area contributed by atoms with Gasteiger partial charge in [-0.05, 0) is 6.42 Å². The van der Waals surface area contributed by atoms with Gasteiger partial charge in [0.15, 0.2) is 15.0 Å². The predicted octanol–water partition coefficient (Wildman–Crippen LogP) is -0.170. The number of nitrogens with one attached hydrogen (secondary N) is 1. The minimum Gasteiger partial charge on any atom is -0.378 e. The molecule has 1 saturated heterocycles. The van der Waals surface area contributed by atoms with E-state index < -0.39 is 22.0 Å². The summed E-state index contributed by atoms with van der Waals surface area (Å²) in [6.07, 6.45) is 0.0759. The Bertz CT molecular complexity index is 611. The summed E-state index contributed by atoms with van der Waals surface area (Å²) in [5, 5.41) is 3.04. The van der Waals surface area contributed by atoms with E-state index in [9.17, 15) is 13.2 Å². The lowest BCUT2D eigenvalue weighted by Crippen LogP contribution is -2.43. The number of hydrogen-bond acceptors (Lipinski definition) is 7. The minimum atomic E-state index is -3.17. The fourth-order valence-electron chi connectivity index (χ4n) is 2.20. The summed E-state index contributed by atoms with van der Waals surface area (Å²) in [5.41, 5.74) is 6.23. The first kappa shape index (κ1) is 15.2. The number of aryl methyl sites for hydroxylation is 1. The van der Waals surface area contributed by atoms with Gasteiger partial charge in [0.1, 0.15) is 4.88 Å². The number of aromatic nitrogens is 1. The number of nitrogen functional groups attached to an aromatic ring is 1. The fraction of sp³-hybridized carbons (Fsp3) is 0.636. The van der Waals surface area contributed by atoms with Crippen LogP contribution in [0.5, 0.6) is 0 Å². The number of sulfone groups is 1. The number of methoxy groups -OCH3 is 1. The van der Waals surface area contributed by atoms with Crippen LogP contribution in [0, 0.1) is 0 Å². The molecule has 7 nitrogen and oxygen atoms in total. The van der Waals surface area contributed by atoms with Crippen LogP contribution in [-0.4, -0.2) is 50.1 Å². The third kappa shape index (κ3) is 3.10. The van der Waals surface area contributed by atoms with Gasteiger partial charge >= 0.3 is 0 Å². The maximum absolute atomic E-state index is 12.2. The second-order valence-corrected chi connectivity index (χ2v) is 7.80. The molecule has 0 spiro atoms. The third-order valence-electron chi connectivity index (χ3n) is 3.17. The highest BCUT2D eigenvalue weighted by Crippen LogP contribution is 2.22. The van der Waals surface area contributed by atoms with E-state index in [0.717, 1.165) is 11.3 Å². The van der Waals surface area contributed by atoms with Crippen LogP contribution in [0.25, 0.3) is 0 Å². The van der Waals surface area contributed by atoms with E-state index in [1.165, 1.54) is 7.11 Å². The lowest BCUT2D eigenvalue weighted by atomic mass is 10.2. The van der Waals surface area contributed by atoms with E-state index in [1.54, 1.807) is 0 Å². The molecule has 0 saturated carbocycles. The van der Waals surface area contributed by atoms with Gasteiger partial charge in [-0.3, -0.25) is 4.79 Å². The van der Waals surface area contributed by atoms with Crippen LogP contribution in [0.1, 0.15) is 22.3 Å². The van der Waals surface area contributed by atoms with Crippen molar-refractivity contribution in [3.63, 3.8) is 0 Å². The van der Waals surface area contributed by atoms with Crippen LogP contribution < -0.4 is 11.1 Å². The van der Waals surface area contributed by atoms with Crippen LogP contribution in [0.3, 0.4) is 0 Å². The second kappa shape index (κ2) is 5.66. The highest BCUT2D eigenvalue weighted by molar-refractivity contribution is 7.91. The Hall–Kier alpha value is -1.19. The highest BCUT2D eigenvalue weighted by Gasteiger charge is 2.39. The van der Waals surface area contributed by atoms with Crippen molar-refractivity contribution < 1.29 is 17.9 Å². The van der Waals surface area contributed by atoms with Crippen LogP contribution in [0.2, 0.25) is 0 Å². The average molecular weight is 319 g/mol. The number of nitrogens with zero attached hydrogens (tertiary/aromatic N) is 1. The molecule has 0 aromatic carbocycles. The number of anilines is 1. The van der Waals surface area contributed by atoms with Crippen LogP contribution in [-0.2, 0) is 21.0 Å². The predicted molar refractivity (Wildman–Crippen MR) is 76.6 cm³/mol. The number of amides is 1. The molecule has 1 aromatic rings. The fourth-order valence-corrected chi connectivity index (χ4v) is 4.88. The van der Waals surface area contributed by atoms with Crippen molar-refractivity contribution in [2.75, 3.05) is 24.3 Å². The van der Waals surface area contributed by atoms with E-state index in [0.29, 0.717) is 22.1 Å². The Morgan fingerprint density at radius 1 is 1.55 bits per heavy atom. The molecular weight excluding hydrogens is 302 g/mol. The highest BCUT2D eigenvalue weighted by atomic mass is 32.2. The van der Waals surface area contributed by atoms with Crippen molar-refractivity contribution in [1.82, 2.24) is 10.3 Å². The Labute approximate surface area is 121 Å². The van der Waals surface area contributed by atoms with Gasteiger partial charge in [0.05, 0.1) is 29.3 Å². The van der Waals surface area contributed by atoms with Gasteiger partial charge in [-0.15, -0.1) is 0 Å². The molecule has 1 aliphatic rings. The number of nitrogens with two attached hydrogens (primary N) is 1. The molecule has 2 rings (SSSR count). The Morgan fingerprint density at radius 2 is 2.25 bits per heavy atom. The number of ether oxygens (including phenoxy) is 1. The van der Waals surface area contributed by atoms with Crippen molar-refractivity contribution in [3.05, 3.63) is 10.6 Å². The van der Waals surface area contributed by atoms with Crippen LogP contribution in [0.4, 0.5) is 5.13 Å². The van der Waals surface area contributed by atoms with Gasteiger partial charge in [0.25, 0.3) is 5.91 Å². The van der Waals surface area contributed by atoms with Gasteiger partial charge in [-0.2, -0.15) is 0 Å². The lowest BCUT2D eigenvalue weighted by Gasteiger charge is -2.17. The molecule has 1 fully saturated rings. The number of rotatable bonds is 4. The standard InChI is InChI=1S/C11H17N3O4S2/c1-3-6-9(19-11(12)14-6)10(15)13-7-4-20(16,17)5-8(7)18-2/h7-8H,3-5H2,1-2H3,(H2,12,14)(H,13,15)/t7-,8-/m1/s1. The number of thiazole rings is 1. The molecule has 1 aliphatic heterocycles. The van der Waals surface area contributed by atoms with Gasteiger partial charge in [0.2, 0.25) is 0 Å². The zero-order valence-corrected chi connectivity index (χ0v) is 12.9. The largest absolute Gasteiger partial charge is 0.378 e. The molecule has 0 bridgehead atoms. The summed E-state index contributed by atoms with van der Waals surface area (Å²) >= 11 is 1.10. The number of carbonyl (C=O) groups excluding carboxylic acids is 1. The SMILES string of the molecule is CCc1nc(N)sc1C(=O)N[C@@H]1CS(=O)(=O)C[C@H]1OC. The lowest BCUT2D eigenvalue weighted by molar-refractivity contribution is 0.0788. The molecule has 112 valence electrons. The summed E-state index contributed by atoms with van der Waals surface area (Å²) in [5.74, 6) is -0.521. The normalized spacial score (nSPS) is 24.7. The first-order valence-electron chi connectivity index (χ1n) is 6.15. The van der Waals surface area contributed by atoms with Gasteiger partial charge < -0.3 is 15.8 Å². The second-order valence-electron chi connectivity index (χ2n) is 4.61. The van der Waals surface area contributed by atoms with Crippen molar-refractivity contribution in [2.24, 2.45) is 0 Å². The van der Waals surface area contributed by atoms with E-state index in [1.807, 2.05) is 6.92 Å². The van der Waals surface area contributed by atoms with Crippen LogP contribution >= 0.6 is 11.3 Å².